The standard InChI is InChI=1S/C15H11BrCl3NO/c16-11-6-4-9(8-14(11)19)20-15(21)7-5-10-12(17)2-1-3-13(10)18/h1-4,6,8H,5,7H2,(H,20,21). The van der Waals surface area contributed by atoms with Gasteiger partial charge in [0.1, 0.15) is 0 Å². The van der Waals surface area contributed by atoms with E-state index in [1.807, 2.05) is 0 Å². The van der Waals surface area contributed by atoms with Gasteiger partial charge in [-0.25, -0.2) is 0 Å². The number of benzene rings is 2. The van der Waals surface area contributed by atoms with Gasteiger partial charge in [-0.05, 0) is 58.2 Å². The van der Waals surface area contributed by atoms with Crippen LogP contribution in [-0.2, 0) is 11.2 Å². The summed E-state index contributed by atoms with van der Waals surface area (Å²) in [5.74, 6) is -0.121. The van der Waals surface area contributed by atoms with E-state index >= 15 is 0 Å². The number of carbonyl (C=O) groups is 1. The van der Waals surface area contributed by atoms with Crippen LogP contribution in [0.3, 0.4) is 0 Å². The summed E-state index contributed by atoms with van der Waals surface area (Å²) < 4.78 is 0.782. The Labute approximate surface area is 146 Å². The highest BCUT2D eigenvalue weighted by Gasteiger charge is 2.09. The summed E-state index contributed by atoms with van der Waals surface area (Å²) in [5.41, 5.74) is 1.43. The number of halogens is 4. The second kappa shape index (κ2) is 7.50. The molecule has 0 atom stereocenters. The fraction of sp³-hybridized carbons (Fsp3) is 0.133. The summed E-state index contributed by atoms with van der Waals surface area (Å²) in [6.07, 6.45) is 0.770. The van der Waals surface area contributed by atoms with Gasteiger partial charge in [0.25, 0.3) is 0 Å². The van der Waals surface area contributed by atoms with E-state index in [4.69, 9.17) is 34.8 Å². The van der Waals surface area contributed by atoms with E-state index in [0.717, 1.165) is 10.0 Å². The van der Waals surface area contributed by atoms with E-state index in [2.05, 4.69) is 21.2 Å². The van der Waals surface area contributed by atoms with Crippen LogP contribution in [0, 0.1) is 0 Å². The topological polar surface area (TPSA) is 29.1 Å². The van der Waals surface area contributed by atoms with Crippen LogP contribution in [0.5, 0.6) is 0 Å². The maximum absolute atomic E-state index is 12.0. The minimum atomic E-state index is -0.121. The smallest absolute Gasteiger partial charge is 0.224 e. The van der Waals surface area contributed by atoms with Crippen molar-refractivity contribution in [2.75, 3.05) is 5.32 Å². The zero-order chi connectivity index (χ0) is 15.4. The molecule has 0 aromatic heterocycles. The summed E-state index contributed by atoms with van der Waals surface area (Å²) in [4.78, 5) is 12.0. The molecule has 0 aliphatic rings. The highest BCUT2D eigenvalue weighted by molar-refractivity contribution is 9.10. The number of rotatable bonds is 4. The molecule has 1 amide bonds. The maximum Gasteiger partial charge on any atom is 0.224 e. The summed E-state index contributed by atoms with van der Waals surface area (Å²) in [6.45, 7) is 0. The summed E-state index contributed by atoms with van der Waals surface area (Å²) >= 11 is 21.4. The Morgan fingerprint density at radius 2 is 1.71 bits per heavy atom. The molecule has 0 aliphatic carbocycles. The monoisotopic (exact) mass is 405 g/mol. The first-order chi connectivity index (χ1) is 9.97. The molecule has 0 saturated carbocycles. The Hall–Kier alpha value is -0.740. The second-order valence-corrected chi connectivity index (χ2v) is 6.45. The molecule has 0 heterocycles. The van der Waals surface area contributed by atoms with Crippen LogP contribution in [0.25, 0.3) is 0 Å². The van der Waals surface area contributed by atoms with Crippen LogP contribution >= 0.6 is 50.7 Å². The van der Waals surface area contributed by atoms with Crippen molar-refractivity contribution in [2.24, 2.45) is 0 Å². The third-order valence-electron chi connectivity index (χ3n) is 2.87. The summed E-state index contributed by atoms with van der Waals surface area (Å²) in [7, 11) is 0. The van der Waals surface area contributed by atoms with E-state index in [9.17, 15) is 4.79 Å². The Bertz CT molecular complexity index is 656. The molecule has 0 aliphatic heterocycles. The molecule has 1 N–H and O–H groups in total. The van der Waals surface area contributed by atoms with Crippen LogP contribution in [0.2, 0.25) is 15.1 Å². The molecule has 0 unspecified atom stereocenters. The average Bonchev–Trinajstić information content (AvgIpc) is 2.42. The maximum atomic E-state index is 12.0. The molecule has 2 nitrogen and oxygen atoms in total. The van der Waals surface area contributed by atoms with Crippen molar-refractivity contribution in [1.82, 2.24) is 0 Å². The number of anilines is 1. The lowest BCUT2D eigenvalue weighted by Gasteiger charge is -2.08. The molecule has 0 saturated heterocycles. The van der Waals surface area contributed by atoms with Crippen LogP contribution < -0.4 is 5.32 Å². The molecule has 0 bridgehead atoms. The fourth-order valence-electron chi connectivity index (χ4n) is 1.81. The van der Waals surface area contributed by atoms with E-state index in [-0.39, 0.29) is 12.3 Å². The number of hydrogen-bond acceptors (Lipinski definition) is 1. The van der Waals surface area contributed by atoms with E-state index in [1.54, 1.807) is 36.4 Å². The third kappa shape index (κ3) is 4.62. The molecule has 6 heteroatoms. The van der Waals surface area contributed by atoms with Gasteiger partial charge in [0.15, 0.2) is 0 Å². The molecule has 110 valence electrons. The Kier molecular flexibility index (Phi) is 5.94. The number of hydrogen-bond donors (Lipinski definition) is 1. The van der Waals surface area contributed by atoms with Gasteiger partial charge in [-0.15, -0.1) is 0 Å². The highest BCUT2D eigenvalue weighted by Crippen LogP contribution is 2.27. The predicted molar refractivity (Wildman–Crippen MR) is 92.6 cm³/mol. The number of nitrogens with one attached hydrogen (secondary N) is 1. The number of carbonyl (C=O) groups excluding carboxylic acids is 1. The first-order valence-corrected chi connectivity index (χ1v) is 8.08. The van der Waals surface area contributed by atoms with Crippen LogP contribution in [-0.4, -0.2) is 5.91 Å². The molecule has 2 aromatic carbocycles. The van der Waals surface area contributed by atoms with Crippen LogP contribution in [0.1, 0.15) is 12.0 Å². The molecule has 2 aromatic rings. The third-order valence-corrected chi connectivity index (χ3v) is 4.81. The fourth-order valence-corrected chi connectivity index (χ4v) is 2.82. The second-order valence-electron chi connectivity index (χ2n) is 4.38. The van der Waals surface area contributed by atoms with Gasteiger partial charge in [0.2, 0.25) is 5.91 Å². The Morgan fingerprint density at radius 3 is 2.33 bits per heavy atom. The Morgan fingerprint density at radius 1 is 1.05 bits per heavy atom. The molecule has 21 heavy (non-hydrogen) atoms. The van der Waals surface area contributed by atoms with Crippen molar-refractivity contribution in [3.05, 3.63) is 61.5 Å². The van der Waals surface area contributed by atoms with Gasteiger partial charge in [0.05, 0.1) is 5.02 Å². The lowest BCUT2D eigenvalue weighted by atomic mass is 10.1. The molecular weight excluding hydrogens is 396 g/mol. The molecule has 0 fully saturated rings. The first kappa shape index (κ1) is 16.6. The van der Waals surface area contributed by atoms with E-state index < -0.39 is 0 Å². The van der Waals surface area contributed by atoms with Gasteiger partial charge < -0.3 is 5.32 Å². The van der Waals surface area contributed by atoms with Gasteiger partial charge in [0, 0.05) is 26.6 Å². The largest absolute Gasteiger partial charge is 0.326 e. The normalized spacial score (nSPS) is 10.5. The van der Waals surface area contributed by atoms with Gasteiger partial charge in [-0.3, -0.25) is 4.79 Å². The lowest BCUT2D eigenvalue weighted by molar-refractivity contribution is -0.116. The zero-order valence-electron chi connectivity index (χ0n) is 10.8. The Balaban J connectivity index is 1.97. The molecule has 0 radical (unpaired) electrons. The molecule has 2 rings (SSSR count). The summed E-state index contributed by atoms with van der Waals surface area (Å²) in [6, 6.07) is 10.5. The van der Waals surface area contributed by atoms with Crippen LogP contribution in [0.15, 0.2) is 40.9 Å². The van der Waals surface area contributed by atoms with Crippen LogP contribution in [0.4, 0.5) is 5.69 Å². The van der Waals surface area contributed by atoms with Crippen molar-refractivity contribution >= 4 is 62.3 Å². The molecular formula is C15H11BrCl3NO. The quantitative estimate of drug-likeness (QED) is 0.664. The average molecular weight is 408 g/mol. The zero-order valence-corrected chi connectivity index (χ0v) is 14.7. The first-order valence-electron chi connectivity index (χ1n) is 6.15. The van der Waals surface area contributed by atoms with Crippen molar-refractivity contribution < 1.29 is 4.79 Å². The van der Waals surface area contributed by atoms with Crippen molar-refractivity contribution in [3.8, 4) is 0 Å². The highest BCUT2D eigenvalue weighted by atomic mass is 79.9. The van der Waals surface area contributed by atoms with E-state index in [1.165, 1.54) is 0 Å². The van der Waals surface area contributed by atoms with E-state index in [0.29, 0.717) is 27.2 Å². The van der Waals surface area contributed by atoms with Gasteiger partial charge in [-0.2, -0.15) is 0 Å². The lowest BCUT2D eigenvalue weighted by Crippen LogP contribution is -2.12. The SMILES string of the molecule is O=C(CCc1c(Cl)cccc1Cl)Nc1ccc(Br)c(Cl)c1. The predicted octanol–water partition coefficient (Wildman–Crippen LogP) is 5.98. The van der Waals surface area contributed by atoms with Crippen molar-refractivity contribution in [1.29, 1.82) is 0 Å². The van der Waals surface area contributed by atoms with Gasteiger partial charge in [-0.1, -0.05) is 40.9 Å². The minimum absolute atomic E-state index is 0.121. The van der Waals surface area contributed by atoms with Crippen molar-refractivity contribution in [3.63, 3.8) is 0 Å². The van der Waals surface area contributed by atoms with Gasteiger partial charge >= 0.3 is 0 Å². The van der Waals surface area contributed by atoms with Crippen molar-refractivity contribution in [2.45, 2.75) is 12.8 Å². The molecule has 0 spiro atoms. The minimum Gasteiger partial charge on any atom is -0.326 e. The summed E-state index contributed by atoms with van der Waals surface area (Å²) in [5, 5.41) is 4.47. The number of amides is 1.